The molecule has 5 nitrogen and oxygen atoms in total. The average Bonchev–Trinajstić information content (AvgIpc) is 2.73. The van der Waals surface area contributed by atoms with Gasteiger partial charge in [0.05, 0.1) is 0 Å². The molecule has 1 aromatic rings. The number of rotatable bonds is 6. The Hall–Kier alpha value is -1.14. The highest BCUT2D eigenvalue weighted by atomic mass is 32.1. The number of hydrogen-bond acceptors (Lipinski definition) is 5. The predicted molar refractivity (Wildman–Crippen MR) is 72.7 cm³/mol. The number of nitrogens with one attached hydrogen (secondary N) is 2. The third-order valence-corrected chi connectivity index (χ3v) is 2.74. The van der Waals surface area contributed by atoms with Gasteiger partial charge in [-0.2, -0.15) is 0 Å². The summed E-state index contributed by atoms with van der Waals surface area (Å²) in [5, 5.41) is 9.02. The highest BCUT2D eigenvalue weighted by Gasteiger charge is 2.15. The lowest BCUT2D eigenvalue weighted by Crippen LogP contribution is -2.33. The van der Waals surface area contributed by atoms with Gasteiger partial charge in [-0.3, -0.25) is 0 Å². The molecule has 1 rings (SSSR count). The van der Waals surface area contributed by atoms with Crippen LogP contribution in [-0.2, 0) is 11.3 Å². The first kappa shape index (κ1) is 14.9. The van der Waals surface area contributed by atoms with Crippen molar-refractivity contribution < 1.29 is 9.53 Å². The highest BCUT2D eigenvalue weighted by molar-refractivity contribution is 7.09. The monoisotopic (exact) mass is 271 g/mol. The zero-order chi connectivity index (χ0) is 13.4. The summed E-state index contributed by atoms with van der Waals surface area (Å²) in [6.45, 7) is 7.78. The van der Waals surface area contributed by atoms with Crippen molar-refractivity contribution in [3.63, 3.8) is 0 Å². The van der Waals surface area contributed by atoms with Gasteiger partial charge in [-0.25, -0.2) is 9.78 Å². The standard InChI is InChI=1S/C12H21N3O2S/c1-12(2,3)17-11(16)15-6-4-5-13-9-10-14-7-8-18-10/h7-8,13H,4-6,9H2,1-3H3,(H,15,16). The van der Waals surface area contributed by atoms with Crippen LogP contribution in [0.5, 0.6) is 0 Å². The average molecular weight is 271 g/mol. The zero-order valence-corrected chi connectivity index (χ0v) is 12.0. The minimum absolute atomic E-state index is 0.359. The molecule has 1 amide bonds. The predicted octanol–water partition coefficient (Wildman–Crippen LogP) is 2.15. The molecule has 0 unspecified atom stereocenters. The molecular formula is C12H21N3O2S. The molecule has 18 heavy (non-hydrogen) atoms. The van der Waals surface area contributed by atoms with Crippen molar-refractivity contribution in [1.29, 1.82) is 0 Å². The van der Waals surface area contributed by atoms with Crippen molar-refractivity contribution in [3.8, 4) is 0 Å². The van der Waals surface area contributed by atoms with E-state index in [9.17, 15) is 4.79 Å². The number of ether oxygens (including phenoxy) is 1. The molecule has 102 valence electrons. The van der Waals surface area contributed by atoms with E-state index in [1.807, 2.05) is 26.2 Å². The van der Waals surface area contributed by atoms with E-state index in [4.69, 9.17) is 4.74 Å². The summed E-state index contributed by atoms with van der Waals surface area (Å²) >= 11 is 1.63. The van der Waals surface area contributed by atoms with E-state index in [2.05, 4.69) is 15.6 Å². The Balaban J connectivity index is 1.97. The quantitative estimate of drug-likeness (QED) is 0.778. The normalized spacial score (nSPS) is 11.3. The molecule has 0 bridgehead atoms. The molecule has 0 spiro atoms. The Morgan fingerprint density at radius 2 is 2.22 bits per heavy atom. The van der Waals surface area contributed by atoms with Crippen molar-refractivity contribution in [2.75, 3.05) is 13.1 Å². The van der Waals surface area contributed by atoms with Crippen molar-refractivity contribution in [3.05, 3.63) is 16.6 Å². The Bertz CT molecular complexity index is 347. The molecule has 6 heteroatoms. The van der Waals surface area contributed by atoms with Crippen molar-refractivity contribution in [2.45, 2.75) is 39.3 Å². The van der Waals surface area contributed by atoms with Gasteiger partial charge < -0.3 is 15.4 Å². The number of nitrogens with zero attached hydrogens (tertiary/aromatic N) is 1. The second-order valence-corrected chi connectivity index (χ2v) is 5.86. The van der Waals surface area contributed by atoms with Crippen LogP contribution >= 0.6 is 11.3 Å². The number of alkyl carbamates (subject to hydrolysis) is 1. The smallest absolute Gasteiger partial charge is 0.407 e. The van der Waals surface area contributed by atoms with Crippen molar-refractivity contribution in [1.82, 2.24) is 15.6 Å². The van der Waals surface area contributed by atoms with Crippen LogP contribution in [0.3, 0.4) is 0 Å². The van der Waals surface area contributed by atoms with E-state index in [0.29, 0.717) is 6.54 Å². The zero-order valence-electron chi connectivity index (χ0n) is 11.2. The van der Waals surface area contributed by atoms with Crippen LogP contribution < -0.4 is 10.6 Å². The van der Waals surface area contributed by atoms with Gasteiger partial charge in [0.15, 0.2) is 0 Å². The molecule has 0 aliphatic heterocycles. The van der Waals surface area contributed by atoms with Gasteiger partial charge in [-0.05, 0) is 33.7 Å². The number of amides is 1. The maximum absolute atomic E-state index is 11.3. The fourth-order valence-electron chi connectivity index (χ4n) is 1.25. The third kappa shape index (κ3) is 7.24. The maximum atomic E-state index is 11.3. The van der Waals surface area contributed by atoms with Gasteiger partial charge in [0.25, 0.3) is 0 Å². The fourth-order valence-corrected chi connectivity index (χ4v) is 1.84. The van der Waals surface area contributed by atoms with Gasteiger partial charge in [-0.1, -0.05) is 0 Å². The molecule has 0 radical (unpaired) electrons. The first-order chi connectivity index (χ1) is 8.47. The van der Waals surface area contributed by atoms with Crippen LogP contribution in [0.15, 0.2) is 11.6 Å². The Morgan fingerprint density at radius 3 is 2.83 bits per heavy atom. The van der Waals surface area contributed by atoms with Crippen LogP contribution in [0, 0.1) is 0 Å². The number of hydrogen-bond donors (Lipinski definition) is 2. The van der Waals surface area contributed by atoms with Crippen molar-refractivity contribution in [2.24, 2.45) is 0 Å². The molecule has 0 atom stereocenters. The molecule has 0 aliphatic carbocycles. The molecule has 0 saturated heterocycles. The van der Waals surface area contributed by atoms with Gasteiger partial charge >= 0.3 is 6.09 Å². The van der Waals surface area contributed by atoms with E-state index in [0.717, 1.165) is 24.5 Å². The second kappa shape index (κ2) is 7.33. The lowest BCUT2D eigenvalue weighted by Gasteiger charge is -2.19. The summed E-state index contributed by atoms with van der Waals surface area (Å²) in [6.07, 6.45) is 2.30. The first-order valence-corrected chi connectivity index (χ1v) is 6.91. The lowest BCUT2D eigenvalue weighted by atomic mass is 10.2. The number of carbonyl (C=O) groups excluding carboxylic acids is 1. The van der Waals surface area contributed by atoms with E-state index in [1.165, 1.54) is 0 Å². The topological polar surface area (TPSA) is 63.2 Å². The molecule has 0 aromatic carbocycles. The summed E-state index contributed by atoms with van der Waals surface area (Å²) in [4.78, 5) is 15.5. The third-order valence-electron chi connectivity index (χ3n) is 1.96. The van der Waals surface area contributed by atoms with E-state index in [-0.39, 0.29) is 6.09 Å². The summed E-state index contributed by atoms with van der Waals surface area (Å²) in [7, 11) is 0. The van der Waals surface area contributed by atoms with Gasteiger partial charge in [-0.15, -0.1) is 11.3 Å². The van der Waals surface area contributed by atoms with E-state index in [1.54, 1.807) is 17.5 Å². The molecular weight excluding hydrogens is 250 g/mol. The van der Waals surface area contributed by atoms with Crippen LogP contribution in [-0.4, -0.2) is 29.8 Å². The number of aromatic nitrogens is 1. The number of carbonyl (C=O) groups is 1. The maximum Gasteiger partial charge on any atom is 0.407 e. The summed E-state index contributed by atoms with van der Waals surface area (Å²) in [5.41, 5.74) is -0.437. The van der Waals surface area contributed by atoms with Gasteiger partial charge in [0, 0.05) is 24.7 Å². The molecule has 0 saturated carbocycles. The molecule has 2 N–H and O–H groups in total. The minimum atomic E-state index is -0.437. The minimum Gasteiger partial charge on any atom is -0.444 e. The summed E-state index contributed by atoms with van der Waals surface area (Å²) in [5.74, 6) is 0. The molecule has 1 heterocycles. The summed E-state index contributed by atoms with van der Waals surface area (Å²) < 4.78 is 5.12. The Kier molecular flexibility index (Phi) is 6.07. The summed E-state index contributed by atoms with van der Waals surface area (Å²) in [6, 6.07) is 0. The second-order valence-electron chi connectivity index (χ2n) is 4.88. The largest absolute Gasteiger partial charge is 0.444 e. The van der Waals surface area contributed by atoms with Crippen LogP contribution in [0.1, 0.15) is 32.2 Å². The number of thiazole rings is 1. The van der Waals surface area contributed by atoms with E-state index < -0.39 is 5.60 Å². The molecule has 1 aromatic heterocycles. The lowest BCUT2D eigenvalue weighted by molar-refractivity contribution is 0.0527. The SMILES string of the molecule is CC(C)(C)OC(=O)NCCCNCc1nccs1. The van der Waals surface area contributed by atoms with Crippen molar-refractivity contribution >= 4 is 17.4 Å². The van der Waals surface area contributed by atoms with Gasteiger partial charge in [0.1, 0.15) is 10.6 Å². The van der Waals surface area contributed by atoms with E-state index >= 15 is 0 Å². The Labute approximate surface area is 112 Å². The highest BCUT2D eigenvalue weighted by Crippen LogP contribution is 2.06. The van der Waals surface area contributed by atoms with Crippen LogP contribution in [0.25, 0.3) is 0 Å². The van der Waals surface area contributed by atoms with Crippen LogP contribution in [0.2, 0.25) is 0 Å². The first-order valence-electron chi connectivity index (χ1n) is 6.03. The molecule has 0 aliphatic rings. The Morgan fingerprint density at radius 1 is 1.44 bits per heavy atom. The van der Waals surface area contributed by atoms with Gasteiger partial charge in [0.2, 0.25) is 0 Å². The fraction of sp³-hybridized carbons (Fsp3) is 0.667. The van der Waals surface area contributed by atoms with Crippen LogP contribution in [0.4, 0.5) is 4.79 Å². The molecule has 0 fully saturated rings.